The summed E-state index contributed by atoms with van der Waals surface area (Å²) in [6, 6.07) is 1.73. The zero-order chi connectivity index (χ0) is 31.0. The summed E-state index contributed by atoms with van der Waals surface area (Å²) in [7, 11) is 0. The van der Waals surface area contributed by atoms with Gasteiger partial charge in [0.25, 0.3) is 0 Å². The molecule has 12 heteroatoms. The lowest BCUT2D eigenvalue weighted by molar-refractivity contribution is -0.110. The van der Waals surface area contributed by atoms with Gasteiger partial charge in [-0.15, -0.1) is 0 Å². The van der Waals surface area contributed by atoms with Gasteiger partial charge in [0.2, 0.25) is 0 Å². The van der Waals surface area contributed by atoms with E-state index in [1.54, 1.807) is 91.1 Å². The smallest absolute Gasteiger partial charge is 0.425 e. The number of fused-ring (bicyclic) bond motifs is 1. The maximum Gasteiger partial charge on any atom is 0.425 e. The number of rotatable bonds is 4. The number of piperidine rings is 1. The summed E-state index contributed by atoms with van der Waals surface area (Å²) < 4.78 is 18.4. The van der Waals surface area contributed by atoms with E-state index in [2.05, 4.69) is 4.98 Å². The molecule has 12 nitrogen and oxygen atoms in total. The topological polar surface area (TPSA) is 133 Å². The van der Waals surface area contributed by atoms with Crippen LogP contribution in [-0.2, 0) is 24.5 Å². The second kappa shape index (κ2) is 11.3. The van der Waals surface area contributed by atoms with Gasteiger partial charge in [-0.3, -0.25) is 9.67 Å². The van der Waals surface area contributed by atoms with Crippen molar-refractivity contribution in [2.24, 2.45) is 0 Å². The van der Waals surface area contributed by atoms with Gasteiger partial charge in [0, 0.05) is 25.7 Å². The number of carbonyl (C=O) groups excluding carboxylic acids is 4. The average molecular weight is 574 g/mol. The summed E-state index contributed by atoms with van der Waals surface area (Å²) in [6.07, 6.45) is 0.981. The Morgan fingerprint density at radius 3 is 1.90 bits per heavy atom. The summed E-state index contributed by atoms with van der Waals surface area (Å²) in [5.74, 6) is -0.00561. The number of carbonyl (C=O) groups is 4. The van der Waals surface area contributed by atoms with Crippen molar-refractivity contribution in [3.8, 4) is 0 Å². The lowest BCUT2D eigenvalue weighted by Crippen LogP contribution is -2.50. The fourth-order valence-electron chi connectivity index (χ4n) is 4.67. The molecule has 2 aromatic rings. The largest absolute Gasteiger partial charge is 0.444 e. The predicted octanol–water partition coefficient (Wildman–Crippen LogP) is 5.73. The van der Waals surface area contributed by atoms with Gasteiger partial charge in [0.05, 0.1) is 22.1 Å². The van der Waals surface area contributed by atoms with Crippen LogP contribution < -0.4 is 4.90 Å². The zero-order valence-corrected chi connectivity index (χ0v) is 25.9. The Morgan fingerprint density at radius 2 is 1.44 bits per heavy atom. The number of imide groups is 1. The van der Waals surface area contributed by atoms with Crippen molar-refractivity contribution in [3.63, 3.8) is 0 Å². The molecule has 1 aliphatic rings. The second-order valence-corrected chi connectivity index (χ2v) is 13.4. The van der Waals surface area contributed by atoms with E-state index < -0.39 is 40.6 Å². The van der Waals surface area contributed by atoms with E-state index in [-0.39, 0.29) is 12.2 Å². The molecule has 3 amide bonds. The van der Waals surface area contributed by atoms with E-state index in [9.17, 15) is 19.2 Å². The average Bonchev–Trinajstić information content (AvgIpc) is 3.17. The lowest BCUT2D eigenvalue weighted by atomic mass is 9.84. The van der Waals surface area contributed by atoms with Gasteiger partial charge >= 0.3 is 18.3 Å². The number of pyridine rings is 1. The highest BCUT2D eigenvalue weighted by atomic mass is 16.6. The Balaban J connectivity index is 2.15. The van der Waals surface area contributed by atoms with Gasteiger partial charge in [-0.1, -0.05) is 0 Å². The van der Waals surface area contributed by atoms with Gasteiger partial charge < -0.3 is 23.9 Å². The van der Waals surface area contributed by atoms with Crippen LogP contribution in [-0.4, -0.2) is 74.1 Å². The minimum Gasteiger partial charge on any atom is -0.444 e. The third-order valence-corrected chi connectivity index (χ3v) is 6.39. The SMILES string of the molecule is Cc1nccc2c1c(N(C(=O)OC(C)(C)C)C(=O)OC(C)(C)C)nn2C1(CC=O)CCN(C(=O)OC(C)(C)C)CC1. The number of ether oxygens (including phenoxy) is 3. The van der Waals surface area contributed by atoms with Crippen LogP contribution >= 0.6 is 0 Å². The normalized spacial score (nSPS) is 15.8. The van der Waals surface area contributed by atoms with E-state index in [0.717, 1.165) is 11.2 Å². The fraction of sp³-hybridized carbons (Fsp3) is 0.655. The van der Waals surface area contributed by atoms with E-state index in [1.807, 2.05) is 0 Å². The number of nitrogens with zero attached hydrogens (tertiary/aromatic N) is 5. The minimum absolute atomic E-state index is 0.00561. The van der Waals surface area contributed by atoms with Crippen LogP contribution in [0.25, 0.3) is 10.9 Å². The maximum absolute atomic E-state index is 13.5. The Labute approximate surface area is 241 Å². The quantitative estimate of drug-likeness (QED) is 0.332. The number of aldehydes is 1. The van der Waals surface area contributed by atoms with Crippen molar-refractivity contribution in [1.82, 2.24) is 19.7 Å². The third kappa shape index (κ3) is 7.53. The molecule has 0 aliphatic carbocycles. The summed E-state index contributed by atoms with van der Waals surface area (Å²) >= 11 is 0. The van der Waals surface area contributed by atoms with Gasteiger partial charge in [-0.2, -0.15) is 10.00 Å². The number of hydrogen-bond acceptors (Lipinski definition) is 9. The molecule has 1 fully saturated rings. The number of likely N-dealkylation sites (tertiary alicyclic amines) is 1. The van der Waals surface area contributed by atoms with Gasteiger partial charge in [-0.05, 0) is 88.1 Å². The van der Waals surface area contributed by atoms with Gasteiger partial charge in [0.1, 0.15) is 23.1 Å². The van der Waals surface area contributed by atoms with E-state index in [4.69, 9.17) is 19.3 Å². The maximum atomic E-state index is 13.5. The van der Waals surface area contributed by atoms with Crippen molar-refractivity contribution in [3.05, 3.63) is 18.0 Å². The van der Waals surface area contributed by atoms with Crippen LogP contribution in [0.2, 0.25) is 0 Å². The summed E-state index contributed by atoms with van der Waals surface area (Å²) in [5, 5.41) is 5.25. The van der Waals surface area contributed by atoms with Crippen molar-refractivity contribution in [2.45, 2.75) is 111 Å². The molecule has 41 heavy (non-hydrogen) atoms. The first-order chi connectivity index (χ1) is 18.8. The number of aryl methyl sites for hydroxylation is 1. The molecule has 0 saturated carbocycles. The van der Waals surface area contributed by atoms with Crippen LogP contribution in [0, 0.1) is 6.92 Å². The first-order valence-corrected chi connectivity index (χ1v) is 13.8. The van der Waals surface area contributed by atoms with E-state index in [1.165, 1.54) is 0 Å². The minimum atomic E-state index is -0.953. The molecular formula is C29H43N5O7. The fourth-order valence-corrected chi connectivity index (χ4v) is 4.67. The van der Waals surface area contributed by atoms with Crippen LogP contribution in [0.1, 0.15) is 87.3 Å². The number of hydrogen-bond donors (Lipinski definition) is 0. The molecule has 0 N–H and O–H groups in total. The Kier molecular flexibility index (Phi) is 8.76. The van der Waals surface area contributed by atoms with Crippen LogP contribution in [0.4, 0.5) is 20.2 Å². The first-order valence-electron chi connectivity index (χ1n) is 13.8. The molecular weight excluding hydrogens is 530 g/mol. The van der Waals surface area contributed by atoms with Crippen LogP contribution in [0.15, 0.2) is 12.3 Å². The molecule has 0 bridgehead atoms. The van der Waals surface area contributed by atoms with Crippen molar-refractivity contribution >= 4 is 41.3 Å². The Morgan fingerprint density at radius 1 is 0.927 bits per heavy atom. The zero-order valence-electron chi connectivity index (χ0n) is 25.9. The second-order valence-electron chi connectivity index (χ2n) is 13.4. The number of aromatic nitrogens is 3. The van der Waals surface area contributed by atoms with E-state index in [0.29, 0.717) is 42.5 Å². The molecule has 1 aliphatic heterocycles. The molecule has 1 saturated heterocycles. The molecule has 3 rings (SSSR count). The number of anilines is 1. The Bertz CT molecular complexity index is 1280. The van der Waals surface area contributed by atoms with Gasteiger partial charge in [-0.25, -0.2) is 14.4 Å². The number of amides is 3. The molecule has 3 heterocycles. The molecule has 0 radical (unpaired) electrons. The molecule has 226 valence electrons. The van der Waals surface area contributed by atoms with Gasteiger partial charge in [0.15, 0.2) is 5.82 Å². The highest BCUT2D eigenvalue weighted by Crippen LogP contribution is 2.40. The van der Waals surface area contributed by atoms with Crippen molar-refractivity contribution in [2.75, 3.05) is 18.0 Å². The molecule has 0 aromatic carbocycles. The Hall–Kier alpha value is -3.70. The van der Waals surface area contributed by atoms with Crippen LogP contribution in [0.5, 0.6) is 0 Å². The molecule has 0 unspecified atom stereocenters. The third-order valence-electron chi connectivity index (χ3n) is 6.39. The highest BCUT2D eigenvalue weighted by Gasteiger charge is 2.43. The summed E-state index contributed by atoms with van der Waals surface area (Å²) in [4.78, 5) is 58.5. The lowest BCUT2D eigenvalue weighted by Gasteiger charge is -2.41. The summed E-state index contributed by atoms with van der Waals surface area (Å²) in [5.41, 5.74) is -2.19. The standard InChI is InChI=1S/C29H43N5O7/c1-19-21-20(11-15-30-19)34(29(14-18-35)12-16-32(17-13-29)23(36)39-26(2,3)4)31-22(21)33(24(37)40-27(5,6)7)25(38)41-28(8,9)10/h11,15,18H,12-14,16-17H2,1-10H3. The molecule has 0 spiro atoms. The molecule has 0 atom stereocenters. The van der Waals surface area contributed by atoms with E-state index >= 15 is 0 Å². The highest BCUT2D eigenvalue weighted by molar-refractivity contribution is 6.14. The van der Waals surface area contributed by atoms with Crippen molar-refractivity contribution in [1.29, 1.82) is 0 Å². The molecule has 2 aromatic heterocycles. The summed E-state index contributed by atoms with van der Waals surface area (Å²) in [6.45, 7) is 18.0. The van der Waals surface area contributed by atoms with Crippen LogP contribution in [0.3, 0.4) is 0 Å². The predicted molar refractivity (Wildman–Crippen MR) is 153 cm³/mol. The van der Waals surface area contributed by atoms with Crippen molar-refractivity contribution < 1.29 is 33.4 Å². The monoisotopic (exact) mass is 573 g/mol. The first kappa shape index (κ1) is 31.8.